The topological polar surface area (TPSA) is 51.0 Å². The molecule has 6 heteroatoms. The van der Waals surface area contributed by atoms with Gasteiger partial charge in [-0.2, -0.15) is 0 Å². The number of hydrogen-bond acceptors (Lipinski definition) is 4. The van der Waals surface area contributed by atoms with Gasteiger partial charge in [-0.1, -0.05) is 28.9 Å². The van der Waals surface area contributed by atoms with Crippen LogP contribution in [0, 0.1) is 0 Å². The van der Waals surface area contributed by atoms with Gasteiger partial charge >= 0.3 is 0 Å². The number of alkyl halides is 1. The van der Waals surface area contributed by atoms with Crippen LogP contribution in [0.4, 0.5) is 4.39 Å². The number of rotatable bonds is 8. The lowest BCUT2D eigenvalue weighted by Crippen LogP contribution is -2.21. The van der Waals surface area contributed by atoms with E-state index in [4.69, 9.17) is 16.3 Å². The molecular formula is C13H17ClFNO3. The summed E-state index contributed by atoms with van der Waals surface area (Å²) in [7, 11) is 1.33. The first-order valence-corrected chi connectivity index (χ1v) is 6.20. The molecule has 0 aliphatic carbocycles. The molecule has 2 atom stereocenters. The largest absolute Gasteiger partial charge is 0.399 e. The summed E-state index contributed by atoms with van der Waals surface area (Å²) in [5.74, 6) is 0. The Morgan fingerprint density at radius 3 is 2.74 bits per heavy atom. The van der Waals surface area contributed by atoms with Gasteiger partial charge in [0.2, 0.25) is 0 Å². The molecule has 0 aromatic heterocycles. The van der Waals surface area contributed by atoms with E-state index in [9.17, 15) is 9.50 Å². The van der Waals surface area contributed by atoms with Gasteiger partial charge in [0.1, 0.15) is 13.3 Å². The zero-order valence-electron chi connectivity index (χ0n) is 10.6. The van der Waals surface area contributed by atoms with Crippen LogP contribution in [0.15, 0.2) is 29.4 Å². The van der Waals surface area contributed by atoms with E-state index >= 15 is 0 Å². The van der Waals surface area contributed by atoms with Crippen molar-refractivity contribution in [3.05, 3.63) is 34.9 Å². The fraction of sp³-hybridized carbons (Fsp3) is 0.462. The Hall–Kier alpha value is -1.17. The molecule has 0 aliphatic heterocycles. The summed E-state index contributed by atoms with van der Waals surface area (Å²) in [4.78, 5) is 4.35. The molecule has 1 N–H and O–H groups in total. The highest BCUT2D eigenvalue weighted by Gasteiger charge is 2.12. The van der Waals surface area contributed by atoms with Gasteiger partial charge < -0.3 is 14.7 Å². The smallest absolute Gasteiger partial charge is 0.141 e. The molecule has 0 saturated heterocycles. The lowest BCUT2D eigenvalue weighted by atomic mass is 10.2. The van der Waals surface area contributed by atoms with Crippen molar-refractivity contribution in [3.63, 3.8) is 0 Å². The van der Waals surface area contributed by atoms with Crippen molar-refractivity contribution in [1.29, 1.82) is 0 Å². The van der Waals surface area contributed by atoms with Gasteiger partial charge in [0.15, 0.2) is 0 Å². The Morgan fingerprint density at radius 2 is 2.11 bits per heavy atom. The first-order valence-electron chi connectivity index (χ1n) is 5.82. The molecule has 106 valence electrons. The second-order valence-electron chi connectivity index (χ2n) is 3.98. The molecule has 0 fully saturated rings. The molecule has 0 radical (unpaired) electrons. The molecule has 0 amide bonds. The molecule has 4 nitrogen and oxygen atoms in total. The fourth-order valence-electron chi connectivity index (χ4n) is 1.41. The molecular weight excluding hydrogens is 273 g/mol. The maximum Gasteiger partial charge on any atom is 0.141 e. The van der Waals surface area contributed by atoms with E-state index in [1.54, 1.807) is 12.1 Å². The van der Waals surface area contributed by atoms with Gasteiger partial charge in [0.25, 0.3) is 0 Å². The summed E-state index contributed by atoms with van der Waals surface area (Å²) < 4.78 is 18.5. The highest BCUT2D eigenvalue weighted by molar-refractivity contribution is 6.30. The molecule has 0 bridgehead atoms. The first-order chi connectivity index (χ1) is 9.11. The number of aliphatic hydroxyl groups excluding tert-OH is 1. The third kappa shape index (κ3) is 7.10. The quantitative estimate of drug-likeness (QED) is 0.591. The van der Waals surface area contributed by atoms with Crippen LogP contribution in [-0.4, -0.2) is 37.3 Å². The van der Waals surface area contributed by atoms with Crippen LogP contribution in [0.2, 0.25) is 5.02 Å². The number of ether oxygens (including phenoxy) is 1. The van der Waals surface area contributed by atoms with Gasteiger partial charge in [-0.15, -0.1) is 0 Å². The number of oxime groups is 1. The lowest BCUT2D eigenvalue weighted by molar-refractivity contribution is 0.0182. The van der Waals surface area contributed by atoms with Crippen LogP contribution in [0.5, 0.6) is 0 Å². The molecule has 0 saturated carbocycles. The van der Waals surface area contributed by atoms with Crippen molar-refractivity contribution in [2.75, 3.05) is 13.7 Å². The fourth-order valence-corrected chi connectivity index (χ4v) is 1.54. The number of benzene rings is 1. The molecule has 0 aliphatic rings. The first kappa shape index (κ1) is 15.9. The Morgan fingerprint density at radius 1 is 1.42 bits per heavy atom. The van der Waals surface area contributed by atoms with E-state index in [1.165, 1.54) is 7.11 Å². The summed E-state index contributed by atoms with van der Waals surface area (Å²) in [5, 5.41) is 13.5. The van der Waals surface area contributed by atoms with E-state index in [-0.39, 0.29) is 13.0 Å². The second-order valence-corrected chi connectivity index (χ2v) is 4.42. The lowest BCUT2D eigenvalue weighted by Gasteiger charge is -2.12. The van der Waals surface area contributed by atoms with Crippen LogP contribution in [0.1, 0.15) is 12.0 Å². The summed E-state index contributed by atoms with van der Waals surface area (Å²) in [6.45, 7) is 0.404. The van der Waals surface area contributed by atoms with Crippen LogP contribution in [0.25, 0.3) is 0 Å². The average molecular weight is 290 g/mol. The SMILES string of the molecule is CON=CC(F)CC(O)COCc1ccc(Cl)cc1. The van der Waals surface area contributed by atoms with Crippen molar-refractivity contribution >= 4 is 17.8 Å². The van der Waals surface area contributed by atoms with Crippen LogP contribution < -0.4 is 0 Å². The van der Waals surface area contributed by atoms with E-state index < -0.39 is 12.3 Å². The van der Waals surface area contributed by atoms with Gasteiger partial charge in [-0.25, -0.2) is 4.39 Å². The van der Waals surface area contributed by atoms with Crippen LogP contribution in [-0.2, 0) is 16.2 Å². The van der Waals surface area contributed by atoms with Gasteiger partial charge in [-0.05, 0) is 17.7 Å². The van der Waals surface area contributed by atoms with E-state index in [0.29, 0.717) is 11.6 Å². The summed E-state index contributed by atoms with van der Waals surface area (Å²) >= 11 is 5.75. The van der Waals surface area contributed by atoms with Gasteiger partial charge in [-0.3, -0.25) is 0 Å². The standard InChI is InChI=1S/C13H17ClFNO3/c1-18-16-7-12(15)6-13(17)9-19-8-10-2-4-11(14)5-3-10/h2-5,7,12-13,17H,6,8-9H2,1H3. The summed E-state index contributed by atoms with van der Waals surface area (Å²) in [6.07, 6.45) is -1.31. The van der Waals surface area contributed by atoms with Crippen LogP contribution >= 0.6 is 11.6 Å². The van der Waals surface area contributed by atoms with E-state index in [1.807, 2.05) is 12.1 Å². The number of nitrogens with zero attached hydrogens (tertiary/aromatic N) is 1. The summed E-state index contributed by atoms with van der Waals surface area (Å²) in [5.41, 5.74) is 0.939. The van der Waals surface area contributed by atoms with E-state index in [2.05, 4.69) is 9.99 Å². The third-order valence-corrected chi connectivity index (χ3v) is 2.57. The minimum absolute atomic E-state index is 0.0594. The van der Waals surface area contributed by atoms with E-state index in [0.717, 1.165) is 11.8 Å². The van der Waals surface area contributed by atoms with Gasteiger partial charge in [0, 0.05) is 11.4 Å². The second kappa shape index (κ2) is 8.85. The Bertz CT molecular complexity index is 386. The van der Waals surface area contributed by atoms with Crippen molar-refractivity contribution in [2.24, 2.45) is 5.16 Å². The number of hydrogen-bond donors (Lipinski definition) is 1. The van der Waals surface area contributed by atoms with Gasteiger partial charge in [0.05, 0.1) is 25.5 Å². The molecule has 1 rings (SSSR count). The monoisotopic (exact) mass is 289 g/mol. The molecule has 0 spiro atoms. The maximum absolute atomic E-state index is 13.2. The normalized spacial score (nSPS) is 14.5. The Labute approximate surface area is 116 Å². The Kier molecular flexibility index (Phi) is 7.40. The average Bonchev–Trinajstić information content (AvgIpc) is 2.38. The minimum atomic E-state index is -1.35. The minimum Gasteiger partial charge on any atom is -0.399 e. The summed E-state index contributed by atoms with van der Waals surface area (Å²) in [6, 6.07) is 7.18. The van der Waals surface area contributed by atoms with Crippen molar-refractivity contribution in [1.82, 2.24) is 0 Å². The predicted molar refractivity (Wildman–Crippen MR) is 72.1 cm³/mol. The predicted octanol–water partition coefficient (Wildman–Crippen LogP) is 2.58. The van der Waals surface area contributed by atoms with Crippen LogP contribution in [0.3, 0.4) is 0 Å². The number of aliphatic hydroxyl groups is 1. The molecule has 1 aromatic carbocycles. The maximum atomic E-state index is 13.2. The van der Waals surface area contributed by atoms with Crippen molar-refractivity contribution in [2.45, 2.75) is 25.3 Å². The highest BCUT2D eigenvalue weighted by Crippen LogP contribution is 2.10. The zero-order chi connectivity index (χ0) is 14.1. The molecule has 1 aromatic rings. The highest BCUT2D eigenvalue weighted by atomic mass is 35.5. The molecule has 19 heavy (non-hydrogen) atoms. The zero-order valence-corrected chi connectivity index (χ0v) is 11.4. The number of halogens is 2. The molecule has 2 unspecified atom stereocenters. The van der Waals surface area contributed by atoms with Crippen molar-refractivity contribution < 1.29 is 19.1 Å². The third-order valence-electron chi connectivity index (χ3n) is 2.32. The van der Waals surface area contributed by atoms with Crippen molar-refractivity contribution in [3.8, 4) is 0 Å². The Balaban J connectivity index is 2.21. The molecule has 0 heterocycles.